The molecule has 3 amide bonds. The zero-order valence-electron chi connectivity index (χ0n) is 34.1. The Morgan fingerprint density at radius 3 is 1.97 bits per heavy atom. The number of hydrogen-bond acceptors (Lipinski definition) is 8. The summed E-state index contributed by atoms with van der Waals surface area (Å²) in [6.45, 7) is 12.2. The minimum atomic E-state index is -1.79. The molecule has 5 rings (SSSR count). The van der Waals surface area contributed by atoms with Crippen LogP contribution in [0.1, 0.15) is 75.3 Å². The number of esters is 1. The summed E-state index contributed by atoms with van der Waals surface area (Å²) in [6.07, 6.45) is 0.664. The standard InChI is InChI=1S/C47H55N3O8/c1-8-29(3)40(50(7)46(55)57-28-38-36-21-15-13-19-34(36)35-20-14-16-22-37(35)38)44(53)48-39(27-31-23-25-33(51)26-24-31)43(52)49-42(47(5,6)56)45(54)58-41(30(4)9-2)32-17-11-10-12-18-32/h9-26,29-30,38-42,51,56H,2,8,27-28H2,1,3-7H3,(H,48,53)(H,49,52)/t29-,30+,39+,40-,41-,42+/m0/s1. The predicted octanol–water partition coefficient (Wildman–Crippen LogP) is 7.08. The van der Waals surface area contributed by atoms with Gasteiger partial charge in [-0.1, -0.05) is 124 Å². The third-order valence-corrected chi connectivity index (χ3v) is 11.0. The molecule has 11 heteroatoms. The topological polar surface area (TPSA) is 154 Å². The van der Waals surface area contributed by atoms with Crippen LogP contribution >= 0.6 is 0 Å². The molecule has 0 fully saturated rings. The van der Waals surface area contributed by atoms with Crippen molar-refractivity contribution in [3.8, 4) is 16.9 Å². The molecule has 0 bridgehead atoms. The van der Waals surface area contributed by atoms with Crippen LogP contribution in [0, 0.1) is 11.8 Å². The molecule has 0 aromatic heterocycles. The second kappa shape index (κ2) is 19.0. The molecule has 0 saturated carbocycles. The van der Waals surface area contributed by atoms with Gasteiger partial charge in [0.05, 0.1) is 5.60 Å². The van der Waals surface area contributed by atoms with Crippen LogP contribution in [0.4, 0.5) is 4.79 Å². The van der Waals surface area contributed by atoms with Gasteiger partial charge >= 0.3 is 12.1 Å². The van der Waals surface area contributed by atoms with Gasteiger partial charge in [-0.15, -0.1) is 6.58 Å². The average molecular weight is 790 g/mol. The Hall–Kier alpha value is -5.94. The summed E-state index contributed by atoms with van der Waals surface area (Å²) >= 11 is 0. The van der Waals surface area contributed by atoms with Gasteiger partial charge in [0.15, 0.2) is 6.04 Å². The van der Waals surface area contributed by atoms with Crippen LogP contribution < -0.4 is 10.6 Å². The minimum Gasteiger partial charge on any atom is -0.508 e. The molecule has 306 valence electrons. The highest BCUT2D eigenvalue weighted by Crippen LogP contribution is 2.44. The monoisotopic (exact) mass is 789 g/mol. The number of nitrogens with one attached hydrogen (secondary N) is 2. The smallest absolute Gasteiger partial charge is 0.410 e. The quantitative estimate of drug-likeness (QED) is 0.0654. The molecule has 1 aliphatic rings. The lowest BCUT2D eigenvalue weighted by Crippen LogP contribution is -2.61. The SMILES string of the molecule is C=C[C@@H](C)[C@H](OC(=O)[C@@H](NC(=O)[C@@H](Cc1ccc(O)cc1)NC(=O)[C@H]([C@@H](C)CC)N(C)C(=O)OCC1c2ccccc2-c2ccccc21)C(C)(C)O)c1ccccc1. The molecule has 6 atom stereocenters. The number of nitrogens with zero attached hydrogens (tertiary/aromatic N) is 1. The number of carbonyl (C=O) groups is 4. The van der Waals surface area contributed by atoms with Gasteiger partial charge in [-0.25, -0.2) is 9.59 Å². The molecule has 0 radical (unpaired) electrons. The summed E-state index contributed by atoms with van der Waals surface area (Å²) in [5.41, 5.74) is 3.79. The normalized spacial score (nSPS) is 15.3. The van der Waals surface area contributed by atoms with Crippen LogP contribution in [0.2, 0.25) is 0 Å². The Labute approximate surface area is 341 Å². The van der Waals surface area contributed by atoms with Crippen LogP contribution in [0.3, 0.4) is 0 Å². The van der Waals surface area contributed by atoms with Crippen molar-refractivity contribution in [3.63, 3.8) is 0 Å². The summed E-state index contributed by atoms with van der Waals surface area (Å²) in [6, 6.07) is 27.4. The van der Waals surface area contributed by atoms with E-state index in [1.54, 1.807) is 18.2 Å². The van der Waals surface area contributed by atoms with Crippen LogP contribution in [0.15, 0.2) is 116 Å². The molecule has 4 N–H and O–H groups in total. The number of phenolic OH excluding ortho intramolecular Hbond substituents is 1. The molecule has 0 unspecified atom stereocenters. The van der Waals surface area contributed by atoms with Crippen molar-refractivity contribution in [2.75, 3.05) is 13.7 Å². The lowest BCUT2D eigenvalue weighted by molar-refractivity contribution is -0.162. The van der Waals surface area contributed by atoms with E-state index in [-0.39, 0.29) is 36.5 Å². The highest BCUT2D eigenvalue weighted by Gasteiger charge is 2.41. The molecule has 0 heterocycles. The molecule has 11 nitrogen and oxygen atoms in total. The number of phenols is 1. The van der Waals surface area contributed by atoms with Gasteiger partial charge < -0.3 is 30.3 Å². The maximum atomic E-state index is 14.3. The highest BCUT2D eigenvalue weighted by atomic mass is 16.6. The fourth-order valence-corrected chi connectivity index (χ4v) is 7.39. The number of aliphatic hydroxyl groups is 1. The summed E-state index contributed by atoms with van der Waals surface area (Å²) in [7, 11) is 1.50. The van der Waals surface area contributed by atoms with Gasteiger partial charge in [-0.3, -0.25) is 14.5 Å². The summed E-state index contributed by atoms with van der Waals surface area (Å²) in [5.74, 6) is -3.11. The van der Waals surface area contributed by atoms with Crippen LogP contribution in [0.5, 0.6) is 5.75 Å². The molecular formula is C47H55N3O8. The van der Waals surface area contributed by atoms with E-state index in [0.29, 0.717) is 17.5 Å². The average Bonchev–Trinajstić information content (AvgIpc) is 3.54. The second-order valence-corrected chi connectivity index (χ2v) is 15.6. The number of amides is 3. The highest BCUT2D eigenvalue weighted by molar-refractivity contribution is 5.93. The van der Waals surface area contributed by atoms with E-state index in [2.05, 4.69) is 17.2 Å². The number of hydrogen-bond donors (Lipinski definition) is 4. The second-order valence-electron chi connectivity index (χ2n) is 15.6. The Bertz CT molecular complexity index is 2020. The Morgan fingerprint density at radius 2 is 1.41 bits per heavy atom. The predicted molar refractivity (Wildman–Crippen MR) is 223 cm³/mol. The first-order valence-electron chi connectivity index (χ1n) is 19.7. The fourth-order valence-electron chi connectivity index (χ4n) is 7.39. The molecule has 4 aromatic carbocycles. The molecule has 0 spiro atoms. The number of benzene rings is 4. The molecule has 58 heavy (non-hydrogen) atoms. The third kappa shape index (κ3) is 10.1. The molecule has 1 aliphatic carbocycles. The zero-order valence-corrected chi connectivity index (χ0v) is 34.1. The Balaban J connectivity index is 1.36. The first kappa shape index (κ1) is 43.2. The van der Waals surface area contributed by atoms with E-state index in [1.165, 1.54) is 37.9 Å². The van der Waals surface area contributed by atoms with Crippen molar-refractivity contribution >= 4 is 23.9 Å². The Morgan fingerprint density at radius 1 is 0.845 bits per heavy atom. The van der Waals surface area contributed by atoms with E-state index in [1.807, 2.05) is 99.6 Å². The zero-order chi connectivity index (χ0) is 42.1. The summed E-state index contributed by atoms with van der Waals surface area (Å²) < 4.78 is 11.9. The van der Waals surface area contributed by atoms with E-state index in [4.69, 9.17) is 9.47 Å². The number of aromatic hydroxyl groups is 1. The fraction of sp³-hybridized carbons (Fsp3) is 0.362. The lowest BCUT2D eigenvalue weighted by Gasteiger charge is -2.34. The van der Waals surface area contributed by atoms with Crippen molar-refractivity contribution in [2.24, 2.45) is 11.8 Å². The van der Waals surface area contributed by atoms with Crippen LogP contribution in [0.25, 0.3) is 11.1 Å². The maximum Gasteiger partial charge on any atom is 0.410 e. The van der Waals surface area contributed by atoms with Crippen LogP contribution in [-0.2, 0) is 30.3 Å². The Kier molecular flexibility index (Phi) is 14.1. The number of carbonyl (C=O) groups excluding carboxylic acids is 4. The van der Waals surface area contributed by atoms with Gasteiger partial charge in [-0.05, 0) is 65.3 Å². The number of ether oxygens (including phenoxy) is 2. The summed E-state index contributed by atoms with van der Waals surface area (Å²) in [5, 5.41) is 26.6. The van der Waals surface area contributed by atoms with E-state index < -0.39 is 53.7 Å². The first-order valence-corrected chi connectivity index (χ1v) is 19.7. The van der Waals surface area contributed by atoms with Gasteiger partial charge in [-0.2, -0.15) is 0 Å². The van der Waals surface area contributed by atoms with Gasteiger partial charge in [0.2, 0.25) is 11.8 Å². The number of fused-ring (bicyclic) bond motifs is 3. The molecule has 4 aromatic rings. The lowest BCUT2D eigenvalue weighted by atomic mass is 9.95. The maximum absolute atomic E-state index is 14.3. The van der Waals surface area contributed by atoms with E-state index >= 15 is 0 Å². The van der Waals surface area contributed by atoms with Crippen molar-refractivity contribution in [1.29, 1.82) is 0 Å². The summed E-state index contributed by atoms with van der Waals surface area (Å²) in [4.78, 5) is 57.5. The van der Waals surface area contributed by atoms with Crippen molar-refractivity contribution < 1.29 is 38.9 Å². The third-order valence-electron chi connectivity index (χ3n) is 11.0. The molecule has 0 saturated heterocycles. The van der Waals surface area contributed by atoms with E-state index in [9.17, 15) is 29.4 Å². The first-order chi connectivity index (χ1) is 27.6. The number of rotatable bonds is 17. The molecular weight excluding hydrogens is 735 g/mol. The van der Waals surface area contributed by atoms with Crippen molar-refractivity contribution in [2.45, 2.75) is 83.2 Å². The van der Waals surface area contributed by atoms with Crippen molar-refractivity contribution in [3.05, 3.63) is 138 Å². The van der Waals surface area contributed by atoms with E-state index in [0.717, 1.165) is 22.3 Å². The van der Waals surface area contributed by atoms with Gasteiger partial charge in [0, 0.05) is 25.3 Å². The molecule has 0 aliphatic heterocycles. The largest absolute Gasteiger partial charge is 0.508 e. The van der Waals surface area contributed by atoms with Crippen molar-refractivity contribution in [1.82, 2.24) is 15.5 Å². The minimum absolute atomic E-state index is 0.0156. The van der Waals surface area contributed by atoms with Gasteiger partial charge in [0.25, 0.3) is 0 Å². The van der Waals surface area contributed by atoms with Gasteiger partial charge in [0.1, 0.15) is 30.5 Å². The van der Waals surface area contributed by atoms with Crippen LogP contribution in [-0.4, -0.2) is 76.4 Å². The number of likely N-dealkylation sites (N-methyl/N-ethyl adjacent to an activating group) is 1.